The van der Waals surface area contributed by atoms with E-state index in [2.05, 4.69) is 30.5 Å². The number of nitrogens with zero attached hydrogens (tertiary/aromatic N) is 4. The van der Waals surface area contributed by atoms with E-state index >= 15 is 0 Å². The van der Waals surface area contributed by atoms with Gasteiger partial charge in [-0.15, -0.1) is 0 Å². The van der Waals surface area contributed by atoms with Crippen LogP contribution >= 0.6 is 11.8 Å². The van der Waals surface area contributed by atoms with Crippen LogP contribution in [0, 0.1) is 5.82 Å². The Hall–Kier alpha value is -3.37. The van der Waals surface area contributed by atoms with Gasteiger partial charge in [-0.25, -0.2) is 14.4 Å². The Balaban J connectivity index is 1.24. The van der Waals surface area contributed by atoms with Crippen LogP contribution in [-0.4, -0.2) is 45.2 Å². The molecule has 2 aliphatic rings. The summed E-state index contributed by atoms with van der Waals surface area (Å²) in [5, 5.41) is 6.21. The smallest absolute Gasteiger partial charge is 0.290 e. The van der Waals surface area contributed by atoms with Gasteiger partial charge in [0.2, 0.25) is 5.95 Å². The van der Waals surface area contributed by atoms with Crippen molar-refractivity contribution in [1.29, 1.82) is 0 Å². The lowest BCUT2D eigenvalue weighted by atomic mass is 10.1. The zero-order chi connectivity index (χ0) is 22.8. The van der Waals surface area contributed by atoms with E-state index in [0.29, 0.717) is 23.1 Å². The average Bonchev–Trinajstić information content (AvgIpc) is 3.14. The molecule has 2 N–H and O–H groups in total. The topological polar surface area (TPSA) is 100 Å². The molecule has 168 valence electrons. The van der Waals surface area contributed by atoms with E-state index in [0.717, 1.165) is 54.3 Å². The maximum Gasteiger partial charge on any atom is 0.290 e. The van der Waals surface area contributed by atoms with Crippen LogP contribution in [0.1, 0.15) is 24.2 Å². The molecular weight excluding hydrogens is 443 g/mol. The number of nitrogens with one attached hydrogen (secondary N) is 2. The Labute approximate surface area is 193 Å². The third-order valence-electron chi connectivity index (χ3n) is 5.57. The lowest BCUT2D eigenvalue weighted by Crippen LogP contribution is -2.46. The Kier molecular flexibility index (Phi) is 6.01. The highest BCUT2D eigenvalue weighted by molar-refractivity contribution is 8.18. The van der Waals surface area contributed by atoms with Crippen LogP contribution in [0.25, 0.3) is 17.0 Å². The molecule has 0 saturated carbocycles. The number of fused-ring (bicyclic) bond motifs is 1. The van der Waals surface area contributed by atoms with Crippen molar-refractivity contribution in [3.8, 4) is 0 Å². The summed E-state index contributed by atoms with van der Waals surface area (Å²) in [6.07, 6.45) is 5.28. The van der Waals surface area contributed by atoms with Crippen molar-refractivity contribution >= 4 is 45.8 Å². The van der Waals surface area contributed by atoms with Crippen molar-refractivity contribution in [1.82, 2.24) is 25.6 Å². The van der Waals surface area contributed by atoms with E-state index in [4.69, 9.17) is 0 Å². The predicted molar refractivity (Wildman–Crippen MR) is 125 cm³/mol. The predicted octanol–water partition coefficient (Wildman–Crippen LogP) is 3.25. The molecule has 33 heavy (non-hydrogen) atoms. The fraction of sp³-hybridized carbons (Fsp3) is 0.261. The number of hydrogen-bond acceptors (Lipinski definition) is 8. The number of pyridine rings is 1. The van der Waals surface area contributed by atoms with Gasteiger partial charge >= 0.3 is 0 Å². The van der Waals surface area contributed by atoms with Crippen LogP contribution in [0.15, 0.2) is 47.5 Å². The molecular formula is C23H21FN6O2S. The number of carbonyl (C=O) groups excluding carboxylic acids is 2. The average molecular weight is 465 g/mol. The molecule has 2 fully saturated rings. The molecule has 4 heterocycles. The van der Waals surface area contributed by atoms with Crippen LogP contribution in [0.3, 0.4) is 0 Å². The van der Waals surface area contributed by atoms with Crippen LogP contribution in [0.2, 0.25) is 0 Å². The zero-order valence-electron chi connectivity index (χ0n) is 17.6. The largest absolute Gasteiger partial charge is 0.339 e. The van der Waals surface area contributed by atoms with Crippen molar-refractivity contribution in [3.63, 3.8) is 0 Å². The van der Waals surface area contributed by atoms with Crippen molar-refractivity contribution in [3.05, 3.63) is 64.7 Å². The number of aromatic nitrogens is 3. The summed E-state index contributed by atoms with van der Waals surface area (Å²) in [4.78, 5) is 39.2. The van der Waals surface area contributed by atoms with E-state index in [1.165, 1.54) is 12.1 Å². The van der Waals surface area contributed by atoms with Crippen molar-refractivity contribution in [2.45, 2.75) is 25.4 Å². The third kappa shape index (κ3) is 5.01. The lowest BCUT2D eigenvalue weighted by molar-refractivity contribution is -0.115. The number of halogens is 1. The first-order chi connectivity index (χ1) is 16.0. The Bertz CT molecular complexity index is 1270. The van der Waals surface area contributed by atoms with E-state index in [9.17, 15) is 14.0 Å². The molecule has 0 bridgehead atoms. The number of hydrogen-bond donors (Lipinski definition) is 2. The lowest BCUT2D eigenvalue weighted by Gasteiger charge is -2.33. The number of amides is 2. The van der Waals surface area contributed by atoms with Crippen molar-refractivity contribution in [2.75, 3.05) is 18.0 Å². The highest BCUT2D eigenvalue weighted by atomic mass is 32.2. The second-order valence-electron chi connectivity index (χ2n) is 7.94. The van der Waals surface area contributed by atoms with Gasteiger partial charge in [0.1, 0.15) is 5.82 Å². The second-order valence-corrected chi connectivity index (χ2v) is 8.95. The van der Waals surface area contributed by atoms with Crippen molar-refractivity contribution in [2.24, 2.45) is 0 Å². The number of benzene rings is 1. The molecule has 1 atom stereocenters. The Morgan fingerprint density at radius 3 is 2.97 bits per heavy atom. The standard InChI is InChI=1S/C23H21FN6O2S/c24-15-4-6-19-14(10-15)3-5-17(27-19)12-26-18-2-1-9-30(13-18)22-25-8-7-16(28-22)11-20-21(31)29-23(32)33-20/h3-8,10-11,18,26H,1-2,9,12-13H2,(H,29,31,32)/b20-11-/t18-/m1/s1. The maximum atomic E-state index is 13.4. The van der Waals surface area contributed by atoms with Gasteiger partial charge in [-0.2, -0.15) is 0 Å². The fourth-order valence-electron chi connectivity index (χ4n) is 3.96. The third-order valence-corrected chi connectivity index (χ3v) is 6.38. The van der Waals surface area contributed by atoms with E-state index in [1.54, 1.807) is 24.4 Å². The van der Waals surface area contributed by atoms with E-state index < -0.39 is 5.91 Å². The Morgan fingerprint density at radius 1 is 1.21 bits per heavy atom. The minimum absolute atomic E-state index is 0.240. The fourth-order valence-corrected chi connectivity index (χ4v) is 4.63. The Morgan fingerprint density at radius 2 is 2.12 bits per heavy atom. The first-order valence-corrected chi connectivity index (χ1v) is 11.5. The number of thioether (sulfide) groups is 1. The summed E-state index contributed by atoms with van der Waals surface area (Å²) in [7, 11) is 0. The molecule has 0 unspecified atom stereocenters. The molecule has 0 aliphatic carbocycles. The van der Waals surface area contributed by atoms with Gasteiger partial charge in [-0.3, -0.25) is 19.9 Å². The maximum absolute atomic E-state index is 13.4. The molecule has 2 amide bonds. The van der Waals surface area contributed by atoms with Crippen LogP contribution in [-0.2, 0) is 11.3 Å². The summed E-state index contributed by atoms with van der Waals surface area (Å²) in [5.41, 5.74) is 2.26. The molecule has 1 aromatic carbocycles. The van der Waals surface area contributed by atoms with Crippen LogP contribution < -0.4 is 15.5 Å². The molecule has 8 nitrogen and oxygen atoms in total. The molecule has 0 spiro atoms. The van der Waals surface area contributed by atoms with Gasteiger partial charge < -0.3 is 10.2 Å². The zero-order valence-corrected chi connectivity index (χ0v) is 18.4. The summed E-state index contributed by atoms with van der Waals surface area (Å²) in [6, 6.07) is 10.4. The summed E-state index contributed by atoms with van der Waals surface area (Å²) in [6.45, 7) is 2.19. The SMILES string of the molecule is O=C1NC(=O)/C(=C/c2ccnc(N3CCC[C@@H](NCc4ccc5cc(F)ccc5n4)C3)n2)S1. The second kappa shape index (κ2) is 9.24. The summed E-state index contributed by atoms with van der Waals surface area (Å²) >= 11 is 0.869. The molecule has 0 radical (unpaired) electrons. The van der Waals surface area contributed by atoms with Gasteiger partial charge in [-0.1, -0.05) is 6.07 Å². The number of rotatable bonds is 5. The first-order valence-electron chi connectivity index (χ1n) is 10.6. The van der Waals surface area contributed by atoms with E-state index in [-0.39, 0.29) is 17.1 Å². The molecule has 3 aromatic rings. The van der Waals surface area contributed by atoms with Gasteiger partial charge in [0.05, 0.1) is 21.8 Å². The highest BCUT2D eigenvalue weighted by Crippen LogP contribution is 2.25. The normalized spacial score (nSPS) is 20.0. The minimum Gasteiger partial charge on any atom is -0.339 e. The first kappa shape index (κ1) is 21.5. The molecule has 2 aliphatic heterocycles. The summed E-state index contributed by atoms with van der Waals surface area (Å²) in [5.74, 6) is -0.0741. The van der Waals surface area contributed by atoms with Crippen LogP contribution in [0.5, 0.6) is 0 Å². The van der Waals surface area contributed by atoms with Gasteiger partial charge in [0.15, 0.2) is 0 Å². The molecule has 5 rings (SSSR count). The monoisotopic (exact) mass is 464 g/mol. The highest BCUT2D eigenvalue weighted by Gasteiger charge is 2.26. The molecule has 10 heteroatoms. The van der Waals surface area contributed by atoms with Gasteiger partial charge in [0, 0.05) is 37.3 Å². The van der Waals surface area contributed by atoms with Gasteiger partial charge in [-0.05, 0) is 61.0 Å². The summed E-state index contributed by atoms with van der Waals surface area (Å²) < 4.78 is 13.4. The number of imide groups is 1. The number of anilines is 1. The van der Waals surface area contributed by atoms with Crippen LogP contribution in [0.4, 0.5) is 15.1 Å². The molecule has 2 saturated heterocycles. The van der Waals surface area contributed by atoms with Crippen molar-refractivity contribution < 1.29 is 14.0 Å². The number of piperidine rings is 1. The quantitative estimate of drug-likeness (QED) is 0.555. The number of carbonyl (C=O) groups is 2. The minimum atomic E-state index is -0.403. The van der Waals surface area contributed by atoms with E-state index in [1.807, 2.05) is 12.1 Å². The van der Waals surface area contributed by atoms with Gasteiger partial charge in [0.25, 0.3) is 11.1 Å². The molecule has 2 aromatic heterocycles.